The van der Waals surface area contributed by atoms with E-state index in [0.29, 0.717) is 12.2 Å². The Balaban J connectivity index is 1.87. The number of hydrogen-bond acceptors (Lipinski definition) is 1. The van der Waals surface area contributed by atoms with Crippen LogP contribution < -0.4 is 0 Å². The Bertz CT molecular complexity index is 144. The van der Waals surface area contributed by atoms with Crippen molar-refractivity contribution in [3.63, 3.8) is 0 Å². The Morgan fingerprint density at radius 1 is 1.27 bits per heavy atom. The summed E-state index contributed by atoms with van der Waals surface area (Å²) < 4.78 is 5.52. The molecule has 0 aromatic rings. The summed E-state index contributed by atoms with van der Waals surface area (Å²) in [5, 5.41) is 0. The summed E-state index contributed by atoms with van der Waals surface area (Å²) in [6.45, 7) is 4.67. The molecule has 0 aromatic carbocycles. The first-order chi connectivity index (χ1) is 5.31. The number of rotatable bonds is 2. The SMILES string of the molecule is CCCC1CC2OC2CC1C. The Kier molecular flexibility index (Phi) is 1.92. The van der Waals surface area contributed by atoms with Crippen LogP contribution in [-0.2, 0) is 4.74 Å². The highest BCUT2D eigenvalue weighted by Gasteiger charge is 2.46. The summed E-state index contributed by atoms with van der Waals surface area (Å²) in [6.07, 6.45) is 6.76. The third kappa shape index (κ3) is 1.44. The Morgan fingerprint density at radius 2 is 2.00 bits per heavy atom. The maximum atomic E-state index is 5.52. The van der Waals surface area contributed by atoms with E-state index in [9.17, 15) is 0 Å². The van der Waals surface area contributed by atoms with Gasteiger partial charge in [-0.1, -0.05) is 26.7 Å². The Labute approximate surface area is 69.1 Å². The highest BCUT2D eigenvalue weighted by molar-refractivity contribution is 4.94. The van der Waals surface area contributed by atoms with E-state index in [1.165, 1.54) is 25.7 Å². The van der Waals surface area contributed by atoms with E-state index in [1.54, 1.807) is 0 Å². The molecule has 11 heavy (non-hydrogen) atoms. The zero-order valence-electron chi connectivity index (χ0n) is 7.55. The molecule has 1 aliphatic heterocycles. The maximum Gasteiger partial charge on any atom is 0.0844 e. The average molecular weight is 154 g/mol. The molecule has 2 fully saturated rings. The fourth-order valence-corrected chi connectivity index (χ4v) is 2.46. The van der Waals surface area contributed by atoms with E-state index >= 15 is 0 Å². The van der Waals surface area contributed by atoms with Crippen LogP contribution in [0.3, 0.4) is 0 Å². The van der Waals surface area contributed by atoms with Gasteiger partial charge >= 0.3 is 0 Å². The lowest BCUT2D eigenvalue weighted by molar-refractivity contribution is 0.267. The third-order valence-electron chi connectivity index (χ3n) is 3.29. The molecule has 0 spiro atoms. The van der Waals surface area contributed by atoms with Crippen molar-refractivity contribution >= 4 is 0 Å². The summed E-state index contributed by atoms with van der Waals surface area (Å²) in [5.74, 6) is 1.88. The van der Waals surface area contributed by atoms with E-state index in [-0.39, 0.29) is 0 Å². The minimum absolute atomic E-state index is 0.665. The van der Waals surface area contributed by atoms with Crippen LogP contribution in [0.25, 0.3) is 0 Å². The highest BCUT2D eigenvalue weighted by Crippen LogP contribution is 2.43. The Hall–Kier alpha value is -0.0400. The molecule has 1 aliphatic carbocycles. The number of hydrogen-bond donors (Lipinski definition) is 0. The van der Waals surface area contributed by atoms with Gasteiger partial charge in [-0.05, 0) is 24.7 Å². The summed E-state index contributed by atoms with van der Waals surface area (Å²) in [6, 6.07) is 0. The Morgan fingerprint density at radius 3 is 2.73 bits per heavy atom. The molecule has 0 bridgehead atoms. The van der Waals surface area contributed by atoms with Crippen LogP contribution in [0.2, 0.25) is 0 Å². The van der Waals surface area contributed by atoms with E-state index in [1.807, 2.05) is 0 Å². The van der Waals surface area contributed by atoms with Gasteiger partial charge in [0, 0.05) is 0 Å². The van der Waals surface area contributed by atoms with Crippen molar-refractivity contribution in [2.24, 2.45) is 11.8 Å². The molecule has 0 aromatic heterocycles. The molecular formula is C10H18O. The standard InChI is InChI=1S/C10H18O/c1-3-4-8-6-10-9(11-10)5-7(8)2/h7-10H,3-6H2,1-2H3. The molecule has 0 amide bonds. The van der Waals surface area contributed by atoms with Gasteiger partial charge in [-0.3, -0.25) is 0 Å². The molecule has 0 radical (unpaired) electrons. The van der Waals surface area contributed by atoms with Gasteiger partial charge in [-0.25, -0.2) is 0 Å². The molecule has 2 aliphatic rings. The average Bonchev–Trinajstić information content (AvgIpc) is 2.67. The first kappa shape index (κ1) is 7.60. The van der Waals surface area contributed by atoms with Gasteiger partial charge in [-0.15, -0.1) is 0 Å². The highest BCUT2D eigenvalue weighted by atomic mass is 16.6. The van der Waals surface area contributed by atoms with Crippen molar-refractivity contribution < 1.29 is 4.74 Å². The lowest BCUT2D eigenvalue weighted by atomic mass is 9.78. The second-order valence-corrected chi connectivity index (χ2v) is 4.21. The molecule has 4 atom stereocenters. The first-order valence-electron chi connectivity index (χ1n) is 4.96. The monoisotopic (exact) mass is 154 g/mol. The van der Waals surface area contributed by atoms with Crippen molar-refractivity contribution in [1.82, 2.24) is 0 Å². The van der Waals surface area contributed by atoms with Crippen LogP contribution >= 0.6 is 0 Å². The molecule has 1 saturated heterocycles. The van der Waals surface area contributed by atoms with Crippen LogP contribution in [0, 0.1) is 11.8 Å². The van der Waals surface area contributed by atoms with E-state index in [2.05, 4.69) is 13.8 Å². The molecular weight excluding hydrogens is 136 g/mol. The predicted octanol–water partition coefficient (Wildman–Crippen LogP) is 2.60. The predicted molar refractivity (Wildman–Crippen MR) is 45.5 cm³/mol. The van der Waals surface area contributed by atoms with Gasteiger partial charge in [0.1, 0.15) is 0 Å². The molecule has 1 nitrogen and oxygen atoms in total. The van der Waals surface area contributed by atoms with E-state index in [0.717, 1.165) is 11.8 Å². The largest absolute Gasteiger partial charge is 0.370 e. The summed E-state index contributed by atoms with van der Waals surface area (Å²) in [7, 11) is 0. The minimum Gasteiger partial charge on any atom is -0.370 e. The second kappa shape index (κ2) is 2.78. The zero-order valence-corrected chi connectivity index (χ0v) is 7.55. The maximum absolute atomic E-state index is 5.52. The van der Waals surface area contributed by atoms with Crippen molar-refractivity contribution in [2.75, 3.05) is 0 Å². The topological polar surface area (TPSA) is 12.5 Å². The summed E-state index contributed by atoms with van der Waals surface area (Å²) in [5.41, 5.74) is 0. The molecule has 1 saturated carbocycles. The van der Waals surface area contributed by atoms with E-state index in [4.69, 9.17) is 4.74 Å². The van der Waals surface area contributed by atoms with Crippen LogP contribution in [0.5, 0.6) is 0 Å². The van der Waals surface area contributed by atoms with Gasteiger partial charge in [0.25, 0.3) is 0 Å². The van der Waals surface area contributed by atoms with Gasteiger partial charge in [0.05, 0.1) is 12.2 Å². The van der Waals surface area contributed by atoms with Crippen LogP contribution in [0.4, 0.5) is 0 Å². The zero-order chi connectivity index (χ0) is 7.84. The molecule has 64 valence electrons. The lowest BCUT2D eigenvalue weighted by Crippen LogP contribution is -2.21. The fourth-order valence-electron chi connectivity index (χ4n) is 2.46. The fraction of sp³-hybridized carbons (Fsp3) is 1.00. The van der Waals surface area contributed by atoms with Crippen molar-refractivity contribution in [2.45, 2.75) is 51.7 Å². The van der Waals surface area contributed by atoms with Gasteiger partial charge < -0.3 is 4.74 Å². The third-order valence-corrected chi connectivity index (χ3v) is 3.29. The normalized spacial score (nSPS) is 48.5. The lowest BCUT2D eigenvalue weighted by Gasteiger charge is -2.25. The van der Waals surface area contributed by atoms with Crippen molar-refractivity contribution in [3.05, 3.63) is 0 Å². The number of fused-ring (bicyclic) bond motifs is 1. The molecule has 2 rings (SSSR count). The van der Waals surface area contributed by atoms with Crippen LogP contribution in [0.15, 0.2) is 0 Å². The summed E-state index contributed by atoms with van der Waals surface area (Å²) in [4.78, 5) is 0. The van der Waals surface area contributed by atoms with E-state index < -0.39 is 0 Å². The van der Waals surface area contributed by atoms with Gasteiger partial charge in [0.15, 0.2) is 0 Å². The first-order valence-corrected chi connectivity index (χ1v) is 4.96. The summed E-state index contributed by atoms with van der Waals surface area (Å²) >= 11 is 0. The molecule has 0 N–H and O–H groups in total. The minimum atomic E-state index is 0.665. The number of epoxide rings is 1. The second-order valence-electron chi connectivity index (χ2n) is 4.21. The van der Waals surface area contributed by atoms with Crippen LogP contribution in [-0.4, -0.2) is 12.2 Å². The van der Waals surface area contributed by atoms with Crippen molar-refractivity contribution in [1.29, 1.82) is 0 Å². The molecule has 1 heterocycles. The van der Waals surface area contributed by atoms with Crippen LogP contribution in [0.1, 0.15) is 39.5 Å². The van der Waals surface area contributed by atoms with Gasteiger partial charge in [0.2, 0.25) is 0 Å². The van der Waals surface area contributed by atoms with Gasteiger partial charge in [-0.2, -0.15) is 0 Å². The quantitative estimate of drug-likeness (QED) is 0.557. The number of ether oxygens (including phenoxy) is 1. The molecule has 1 heteroatoms. The molecule has 4 unspecified atom stereocenters. The van der Waals surface area contributed by atoms with Crippen molar-refractivity contribution in [3.8, 4) is 0 Å². The smallest absolute Gasteiger partial charge is 0.0844 e.